The first-order chi connectivity index (χ1) is 15.8. The number of carbonyl (C=O) groups excluding carboxylic acids is 2. The summed E-state index contributed by atoms with van der Waals surface area (Å²) < 4.78 is 12.4. The van der Waals surface area contributed by atoms with Gasteiger partial charge >= 0.3 is 0 Å². The Bertz CT molecular complexity index is 1080. The molecule has 3 aliphatic rings. The minimum Gasteiger partial charge on any atom is -0.489 e. The van der Waals surface area contributed by atoms with Gasteiger partial charge in [-0.2, -0.15) is 0 Å². The highest BCUT2D eigenvalue weighted by molar-refractivity contribution is 5.77. The second kappa shape index (κ2) is 9.13. The number of aliphatic carboxylic acids is 1. The average molecular weight is 453 g/mol. The van der Waals surface area contributed by atoms with Gasteiger partial charge in [0, 0.05) is 56.8 Å². The summed E-state index contributed by atoms with van der Waals surface area (Å²) in [7, 11) is 0. The van der Waals surface area contributed by atoms with Crippen LogP contribution >= 0.6 is 0 Å². The Kier molecular flexibility index (Phi) is 6.26. The van der Waals surface area contributed by atoms with Gasteiger partial charge in [-0.25, -0.2) is 0 Å². The zero-order valence-electron chi connectivity index (χ0n) is 18.8. The van der Waals surface area contributed by atoms with E-state index in [0.29, 0.717) is 44.8 Å². The SMILES string of the molecule is CC(=O)N1C[C@@H]2c3cccc4c3OC[C@]2(CNC(=O)CCc2cccc(c2)O4)C1.CC(=O)O. The predicted molar refractivity (Wildman–Crippen MR) is 121 cm³/mol. The molecule has 8 heteroatoms. The molecule has 0 saturated carbocycles. The maximum absolute atomic E-state index is 12.5. The number of nitrogens with zero attached hydrogens (tertiary/aromatic N) is 1. The zero-order chi connectivity index (χ0) is 23.6. The van der Waals surface area contributed by atoms with E-state index in [0.717, 1.165) is 29.5 Å². The summed E-state index contributed by atoms with van der Waals surface area (Å²) in [4.78, 5) is 35.5. The maximum Gasteiger partial charge on any atom is 0.300 e. The molecule has 0 aliphatic carbocycles. The van der Waals surface area contributed by atoms with Crippen LogP contribution in [0.3, 0.4) is 0 Å². The van der Waals surface area contributed by atoms with Gasteiger partial charge in [0.15, 0.2) is 11.5 Å². The van der Waals surface area contributed by atoms with Crippen molar-refractivity contribution in [2.45, 2.75) is 32.6 Å². The first kappa shape index (κ1) is 22.6. The molecule has 2 aromatic rings. The van der Waals surface area contributed by atoms with Gasteiger partial charge in [0.05, 0.1) is 6.61 Å². The lowest BCUT2D eigenvalue weighted by atomic mass is 9.73. The van der Waals surface area contributed by atoms with Gasteiger partial charge in [-0.3, -0.25) is 14.4 Å². The molecule has 2 aromatic carbocycles. The van der Waals surface area contributed by atoms with Crippen molar-refractivity contribution < 1.29 is 29.0 Å². The highest BCUT2D eigenvalue weighted by Gasteiger charge is 2.52. The average Bonchev–Trinajstić information content (AvgIpc) is 3.17. The van der Waals surface area contributed by atoms with Crippen LogP contribution in [0.5, 0.6) is 17.2 Å². The van der Waals surface area contributed by atoms with E-state index >= 15 is 0 Å². The van der Waals surface area contributed by atoms with Gasteiger partial charge in [-0.1, -0.05) is 24.3 Å². The van der Waals surface area contributed by atoms with E-state index in [1.807, 2.05) is 41.3 Å². The molecule has 1 fully saturated rings. The van der Waals surface area contributed by atoms with Crippen molar-refractivity contribution in [2.24, 2.45) is 5.41 Å². The number of aryl methyl sites for hydroxylation is 1. The van der Waals surface area contributed by atoms with Crippen LogP contribution in [0.1, 0.15) is 37.3 Å². The van der Waals surface area contributed by atoms with Crippen molar-refractivity contribution in [3.05, 3.63) is 53.6 Å². The van der Waals surface area contributed by atoms with Crippen molar-refractivity contribution in [3.8, 4) is 17.2 Å². The standard InChI is InChI=1S/C23H24N2O4.C2H4O2/c1-15(26)25-11-19-18-6-3-7-20-22(18)28-14-23(19,13-25)12-24-21(27)9-8-16-4-2-5-17(10-16)29-20;1-2(3)4/h2-7,10,19H,8-9,11-14H2,1H3,(H,24,27);1H3,(H,3,4)/t19-,23+;/m1./s1. The lowest BCUT2D eigenvalue weighted by Gasteiger charge is -2.39. The highest BCUT2D eigenvalue weighted by atomic mass is 16.5. The smallest absolute Gasteiger partial charge is 0.300 e. The molecule has 3 aliphatic heterocycles. The number of rotatable bonds is 0. The molecule has 174 valence electrons. The topological polar surface area (TPSA) is 105 Å². The Morgan fingerprint density at radius 1 is 1.15 bits per heavy atom. The number of benzene rings is 2. The summed E-state index contributed by atoms with van der Waals surface area (Å²) in [6.45, 7) is 4.82. The third kappa shape index (κ3) is 4.79. The molecule has 2 atom stereocenters. The molecule has 1 saturated heterocycles. The Morgan fingerprint density at radius 2 is 1.91 bits per heavy atom. The summed E-state index contributed by atoms with van der Waals surface area (Å²) in [6.07, 6.45) is 1.07. The van der Waals surface area contributed by atoms with Gasteiger partial charge < -0.3 is 24.8 Å². The minimum absolute atomic E-state index is 0.0160. The Hall–Kier alpha value is -3.55. The van der Waals surface area contributed by atoms with Gasteiger partial charge in [0.25, 0.3) is 5.97 Å². The zero-order valence-corrected chi connectivity index (χ0v) is 18.8. The van der Waals surface area contributed by atoms with Gasteiger partial charge in [-0.15, -0.1) is 0 Å². The minimum atomic E-state index is -0.833. The molecule has 0 aromatic heterocycles. The van der Waals surface area contributed by atoms with Gasteiger partial charge in [0.2, 0.25) is 11.8 Å². The maximum atomic E-state index is 12.5. The first-order valence-corrected chi connectivity index (χ1v) is 11.0. The number of amides is 2. The van der Waals surface area contributed by atoms with E-state index in [9.17, 15) is 9.59 Å². The van der Waals surface area contributed by atoms with Crippen molar-refractivity contribution in [3.63, 3.8) is 0 Å². The fraction of sp³-hybridized carbons (Fsp3) is 0.400. The van der Waals surface area contributed by atoms with Crippen LogP contribution in [-0.4, -0.2) is 54.0 Å². The van der Waals surface area contributed by atoms with Crippen molar-refractivity contribution in [2.75, 3.05) is 26.2 Å². The fourth-order valence-corrected chi connectivity index (χ4v) is 4.78. The second-order valence-corrected chi connectivity index (χ2v) is 8.82. The number of hydrogen-bond acceptors (Lipinski definition) is 5. The highest BCUT2D eigenvalue weighted by Crippen LogP contribution is 2.52. The van der Waals surface area contributed by atoms with Crippen LogP contribution in [0.15, 0.2) is 42.5 Å². The number of ether oxygens (including phenoxy) is 2. The molecule has 4 bridgehead atoms. The molecular weight excluding hydrogens is 424 g/mol. The van der Waals surface area contributed by atoms with E-state index in [4.69, 9.17) is 19.4 Å². The summed E-state index contributed by atoms with van der Waals surface area (Å²) in [5.74, 6) is 1.48. The van der Waals surface area contributed by atoms with E-state index < -0.39 is 5.97 Å². The molecule has 2 amide bonds. The number of carbonyl (C=O) groups is 3. The van der Waals surface area contributed by atoms with Crippen molar-refractivity contribution in [1.29, 1.82) is 0 Å². The fourth-order valence-electron chi connectivity index (χ4n) is 4.78. The van der Waals surface area contributed by atoms with Crippen LogP contribution < -0.4 is 14.8 Å². The predicted octanol–water partition coefficient (Wildman–Crippen LogP) is 2.96. The summed E-state index contributed by atoms with van der Waals surface area (Å²) in [6, 6.07) is 13.8. The molecule has 8 nitrogen and oxygen atoms in total. The quantitative estimate of drug-likeness (QED) is 0.637. The summed E-state index contributed by atoms with van der Waals surface area (Å²) in [5, 5.41) is 10.5. The van der Waals surface area contributed by atoms with Crippen LogP contribution in [0.2, 0.25) is 0 Å². The molecule has 5 rings (SSSR count). The number of carboxylic acid groups (broad SMARTS) is 1. The number of para-hydroxylation sites is 1. The Morgan fingerprint density at radius 3 is 2.67 bits per heavy atom. The lowest BCUT2D eigenvalue weighted by molar-refractivity contribution is -0.134. The van der Waals surface area contributed by atoms with Crippen molar-refractivity contribution in [1.82, 2.24) is 10.2 Å². The third-order valence-electron chi connectivity index (χ3n) is 6.39. The molecule has 2 N–H and O–H groups in total. The first-order valence-electron chi connectivity index (χ1n) is 11.0. The van der Waals surface area contributed by atoms with Crippen LogP contribution in [0.4, 0.5) is 0 Å². The van der Waals surface area contributed by atoms with E-state index in [2.05, 4.69) is 11.4 Å². The molecule has 0 unspecified atom stereocenters. The second-order valence-electron chi connectivity index (χ2n) is 8.82. The van der Waals surface area contributed by atoms with Gasteiger partial charge in [0.1, 0.15) is 5.75 Å². The summed E-state index contributed by atoms with van der Waals surface area (Å²) >= 11 is 0. The molecule has 33 heavy (non-hydrogen) atoms. The Balaban J connectivity index is 0.000000601. The van der Waals surface area contributed by atoms with E-state index in [1.54, 1.807) is 6.92 Å². The van der Waals surface area contributed by atoms with Gasteiger partial charge in [-0.05, 0) is 30.2 Å². The lowest BCUT2D eigenvalue weighted by Crippen LogP contribution is -2.48. The number of likely N-dealkylation sites (tertiary alicyclic amines) is 1. The number of carboxylic acids is 1. The Labute approximate surface area is 192 Å². The number of nitrogens with one attached hydrogen (secondary N) is 1. The largest absolute Gasteiger partial charge is 0.489 e. The van der Waals surface area contributed by atoms with E-state index in [1.165, 1.54) is 0 Å². The van der Waals surface area contributed by atoms with Crippen molar-refractivity contribution >= 4 is 17.8 Å². The summed E-state index contributed by atoms with van der Waals surface area (Å²) in [5.41, 5.74) is 1.77. The molecule has 1 spiro atoms. The monoisotopic (exact) mass is 452 g/mol. The molecular formula is C25H28N2O6. The van der Waals surface area contributed by atoms with Crippen LogP contribution in [-0.2, 0) is 20.8 Å². The van der Waals surface area contributed by atoms with Crippen LogP contribution in [0, 0.1) is 5.41 Å². The molecule has 0 radical (unpaired) electrons. The van der Waals surface area contributed by atoms with E-state index in [-0.39, 0.29) is 23.1 Å². The number of hydrogen-bond donors (Lipinski definition) is 2. The third-order valence-corrected chi connectivity index (χ3v) is 6.39. The number of fused-ring (bicyclic) bond motifs is 4. The normalized spacial score (nSPS) is 23.0. The van der Waals surface area contributed by atoms with Crippen LogP contribution in [0.25, 0.3) is 0 Å². The molecule has 3 heterocycles.